The Balaban J connectivity index is 2.08. The molecule has 2 nitrogen and oxygen atoms in total. The summed E-state index contributed by atoms with van der Waals surface area (Å²) >= 11 is 8.27. The second kappa shape index (κ2) is 6.28. The molecule has 0 aliphatic carbocycles. The van der Waals surface area contributed by atoms with Gasteiger partial charge in [-0.25, -0.2) is 8.78 Å². The average Bonchev–Trinajstić information content (AvgIpc) is 2.37. The van der Waals surface area contributed by atoms with E-state index >= 15 is 0 Å². The molecule has 0 atom stereocenters. The van der Waals surface area contributed by atoms with Crippen molar-refractivity contribution in [1.82, 2.24) is 5.32 Å². The molecular weight excluding hydrogens is 348 g/mol. The zero-order chi connectivity index (χ0) is 14.7. The van der Waals surface area contributed by atoms with E-state index in [4.69, 9.17) is 12.2 Å². The highest BCUT2D eigenvalue weighted by molar-refractivity contribution is 9.10. The van der Waals surface area contributed by atoms with Crippen LogP contribution in [0.4, 0.5) is 8.78 Å². The van der Waals surface area contributed by atoms with Crippen molar-refractivity contribution in [1.29, 1.82) is 0 Å². The summed E-state index contributed by atoms with van der Waals surface area (Å²) in [7, 11) is 0. The van der Waals surface area contributed by atoms with Gasteiger partial charge in [0.1, 0.15) is 22.4 Å². The SMILES string of the molecule is Oc1cc(F)ccc1C(=S)NCc1ccc(Br)cc1F. The van der Waals surface area contributed by atoms with Gasteiger partial charge < -0.3 is 10.4 Å². The van der Waals surface area contributed by atoms with Crippen LogP contribution in [0.1, 0.15) is 11.1 Å². The van der Waals surface area contributed by atoms with Crippen LogP contribution >= 0.6 is 28.1 Å². The molecule has 0 saturated carbocycles. The zero-order valence-corrected chi connectivity index (χ0v) is 12.6. The Morgan fingerprint density at radius 1 is 1.20 bits per heavy atom. The van der Waals surface area contributed by atoms with E-state index in [9.17, 15) is 13.9 Å². The van der Waals surface area contributed by atoms with Crippen molar-refractivity contribution in [3.05, 3.63) is 63.6 Å². The van der Waals surface area contributed by atoms with E-state index in [0.717, 1.165) is 6.07 Å². The van der Waals surface area contributed by atoms with Gasteiger partial charge in [0, 0.05) is 22.6 Å². The van der Waals surface area contributed by atoms with E-state index in [1.165, 1.54) is 18.2 Å². The zero-order valence-electron chi connectivity index (χ0n) is 10.2. The standard InChI is InChI=1S/C14H10BrF2NOS/c15-9-2-1-8(12(17)5-9)7-18-14(20)11-4-3-10(16)6-13(11)19/h1-6,19H,7H2,(H,18,20). The fourth-order valence-electron chi connectivity index (χ4n) is 1.63. The van der Waals surface area contributed by atoms with Gasteiger partial charge in [-0.05, 0) is 24.3 Å². The molecule has 20 heavy (non-hydrogen) atoms. The van der Waals surface area contributed by atoms with Gasteiger partial charge in [-0.3, -0.25) is 0 Å². The van der Waals surface area contributed by atoms with Gasteiger partial charge in [-0.1, -0.05) is 34.2 Å². The molecule has 0 aromatic heterocycles. The van der Waals surface area contributed by atoms with Gasteiger partial charge in [0.15, 0.2) is 0 Å². The molecule has 0 amide bonds. The molecule has 6 heteroatoms. The Labute approximate surface area is 128 Å². The van der Waals surface area contributed by atoms with Crippen molar-refractivity contribution in [2.24, 2.45) is 0 Å². The van der Waals surface area contributed by atoms with E-state index in [0.29, 0.717) is 15.6 Å². The normalized spacial score (nSPS) is 10.3. The van der Waals surface area contributed by atoms with Crippen molar-refractivity contribution >= 4 is 33.1 Å². The summed E-state index contributed by atoms with van der Waals surface area (Å²) in [5.41, 5.74) is 0.746. The number of phenolic OH excluding ortho intramolecular Hbond substituents is 1. The van der Waals surface area contributed by atoms with Crippen LogP contribution in [0, 0.1) is 11.6 Å². The van der Waals surface area contributed by atoms with Crippen LogP contribution in [0.2, 0.25) is 0 Å². The molecule has 2 rings (SSSR count). The average molecular weight is 358 g/mol. The monoisotopic (exact) mass is 357 g/mol. The first-order chi connectivity index (χ1) is 9.47. The van der Waals surface area contributed by atoms with Gasteiger partial charge in [-0.15, -0.1) is 0 Å². The number of thiocarbonyl (C=S) groups is 1. The van der Waals surface area contributed by atoms with E-state index in [1.54, 1.807) is 12.1 Å². The van der Waals surface area contributed by atoms with Gasteiger partial charge in [0.05, 0.1) is 5.56 Å². The predicted octanol–water partition coefficient (Wildman–Crippen LogP) is 3.90. The van der Waals surface area contributed by atoms with E-state index in [2.05, 4.69) is 21.2 Å². The Morgan fingerprint density at radius 2 is 1.95 bits per heavy atom. The van der Waals surface area contributed by atoms with Crippen LogP contribution < -0.4 is 5.32 Å². The lowest BCUT2D eigenvalue weighted by molar-refractivity contribution is 0.468. The van der Waals surface area contributed by atoms with Crippen LogP contribution in [0.3, 0.4) is 0 Å². The Bertz CT molecular complexity index is 664. The molecule has 104 valence electrons. The largest absolute Gasteiger partial charge is 0.507 e. The van der Waals surface area contributed by atoms with Crippen molar-refractivity contribution in [3.63, 3.8) is 0 Å². The third-order valence-corrected chi connectivity index (χ3v) is 3.52. The topological polar surface area (TPSA) is 32.3 Å². The van der Waals surface area contributed by atoms with Crippen LogP contribution in [-0.4, -0.2) is 10.1 Å². The second-order valence-electron chi connectivity index (χ2n) is 4.08. The van der Waals surface area contributed by atoms with Gasteiger partial charge in [0.25, 0.3) is 0 Å². The maximum atomic E-state index is 13.6. The summed E-state index contributed by atoms with van der Waals surface area (Å²) in [5.74, 6) is -1.16. The molecule has 0 radical (unpaired) electrons. The van der Waals surface area contributed by atoms with E-state index < -0.39 is 5.82 Å². The third kappa shape index (κ3) is 3.52. The minimum atomic E-state index is -0.548. The highest BCUT2D eigenvalue weighted by atomic mass is 79.9. The highest BCUT2D eigenvalue weighted by Gasteiger charge is 2.09. The lowest BCUT2D eigenvalue weighted by Gasteiger charge is -2.10. The number of aromatic hydroxyl groups is 1. The highest BCUT2D eigenvalue weighted by Crippen LogP contribution is 2.19. The molecule has 2 N–H and O–H groups in total. The van der Waals surface area contributed by atoms with E-state index in [-0.39, 0.29) is 23.1 Å². The number of hydrogen-bond donors (Lipinski definition) is 2. The first kappa shape index (κ1) is 14.9. The van der Waals surface area contributed by atoms with Gasteiger partial charge in [-0.2, -0.15) is 0 Å². The Hall–Kier alpha value is -1.53. The lowest BCUT2D eigenvalue weighted by atomic mass is 10.1. The summed E-state index contributed by atoms with van der Waals surface area (Å²) in [6.07, 6.45) is 0. The number of halogens is 3. The lowest BCUT2D eigenvalue weighted by Crippen LogP contribution is -2.22. The molecule has 2 aromatic carbocycles. The molecule has 2 aromatic rings. The molecule has 0 unspecified atom stereocenters. The summed E-state index contributed by atoms with van der Waals surface area (Å²) in [6, 6.07) is 8.25. The van der Waals surface area contributed by atoms with Crippen LogP contribution in [-0.2, 0) is 6.54 Å². The smallest absolute Gasteiger partial charge is 0.129 e. The third-order valence-electron chi connectivity index (χ3n) is 2.66. The molecule has 0 bridgehead atoms. The van der Waals surface area contributed by atoms with Crippen LogP contribution in [0.15, 0.2) is 40.9 Å². The van der Waals surface area contributed by atoms with Gasteiger partial charge in [0.2, 0.25) is 0 Å². The minimum Gasteiger partial charge on any atom is -0.507 e. The van der Waals surface area contributed by atoms with Crippen molar-refractivity contribution in [2.75, 3.05) is 0 Å². The van der Waals surface area contributed by atoms with Crippen molar-refractivity contribution < 1.29 is 13.9 Å². The number of phenols is 1. The first-order valence-electron chi connectivity index (χ1n) is 5.68. The molecule has 0 aliphatic rings. The fourth-order valence-corrected chi connectivity index (χ4v) is 2.21. The second-order valence-corrected chi connectivity index (χ2v) is 5.40. The van der Waals surface area contributed by atoms with Crippen LogP contribution in [0.25, 0.3) is 0 Å². The maximum absolute atomic E-state index is 13.6. The first-order valence-corrected chi connectivity index (χ1v) is 6.88. The molecule has 0 fully saturated rings. The molecule has 0 spiro atoms. The van der Waals surface area contributed by atoms with Crippen molar-refractivity contribution in [2.45, 2.75) is 6.54 Å². The van der Waals surface area contributed by atoms with Gasteiger partial charge >= 0.3 is 0 Å². The maximum Gasteiger partial charge on any atom is 0.129 e. The molecular formula is C14H10BrF2NOS. The summed E-state index contributed by atoms with van der Waals surface area (Å²) in [6.45, 7) is 0.175. The number of benzene rings is 2. The Morgan fingerprint density at radius 3 is 2.60 bits per heavy atom. The predicted molar refractivity (Wildman–Crippen MR) is 80.7 cm³/mol. The number of nitrogens with one attached hydrogen (secondary N) is 1. The number of rotatable bonds is 3. The molecule has 0 aliphatic heterocycles. The Kier molecular flexibility index (Phi) is 4.67. The summed E-state index contributed by atoms with van der Waals surface area (Å²) < 4.78 is 27.1. The minimum absolute atomic E-state index is 0.175. The molecule has 0 heterocycles. The summed E-state index contributed by atoms with van der Waals surface area (Å²) in [4.78, 5) is 0.227. The molecule has 0 saturated heterocycles. The number of hydrogen-bond acceptors (Lipinski definition) is 2. The fraction of sp³-hybridized carbons (Fsp3) is 0.0714. The van der Waals surface area contributed by atoms with Crippen LogP contribution in [0.5, 0.6) is 5.75 Å². The van der Waals surface area contributed by atoms with Crippen molar-refractivity contribution in [3.8, 4) is 5.75 Å². The summed E-state index contributed by atoms with van der Waals surface area (Å²) in [5, 5.41) is 12.4. The quantitative estimate of drug-likeness (QED) is 0.817. The van der Waals surface area contributed by atoms with E-state index in [1.807, 2.05) is 0 Å².